The van der Waals surface area contributed by atoms with E-state index in [1.165, 1.54) is 37.6 Å². The van der Waals surface area contributed by atoms with Crippen LogP contribution < -0.4 is 15.8 Å². The third kappa shape index (κ3) is 2.97. The van der Waals surface area contributed by atoms with Crippen LogP contribution in [0.1, 0.15) is 10.4 Å². The Morgan fingerprint density at radius 1 is 1.45 bits per heavy atom. The van der Waals surface area contributed by atoms with Gasteiger partial charge in [0.1, 0.15) is 5.82 Å². The summed E-state index contributed by atoms with van der Waals surface area (Å²) in [7, 11) is 1.37. The van der Waals surface area contributed by atoms with E-state index in [-0.39, 0.29) is 16.3 Å². The minimum absolute atomic E-state index is 0.0971. The first-order valence-electron chi connectivity index (χ1n) is 5.57. The van der Waals surface area contributed by atoms with Crippen LogP contribution in [0.3, 0.4) is 0 Å². The normalized spacial score (nSPS) is 10.2. The SMILES string of the molecule is COc1cc(Nc2ncc(C(N)=O)cc2Cl)ccc1F. The molecule has 2 rings (SSSR count). The van der Waals surface area contributed by atoms with Crippen LogP contribution >= 0.6 is 11.6 Å². The number of carbonyl (C=O) groups is 1. The fraction of sp³-hybridized carbons (Fsp3) is 0.0769. The maximum Gasteiger partial charge on any atom is 0.250 e. The highest BCUT2D eigenvalue weighted by atomic mass is 35.5. The molecule has 7 heteroatoms. The molecule has 0 fully saturated rings. The van der Waals surface area contributed by atoms with Gasteiger partial charge in [-0.15, -0.1) is 0 Å². The second kappa shape index (κ2) is 5.75. The van der Waals surface area contributed by atoms with E-state index < -0.39 is 11.7 Å². The molecule has 0 spiro atoms. The Bertz CT molecular complexity index is 664. The van der Waals surface area contributed by atoms with Gasteiger partial charge in [0.2, 0.25) is 5.91 Å². The van der Waals surface area contributed by atoms with Crippen LogP contribution in [0.2, 0.25) is 5.02 Å². The van der Waals surface area contributed by atoms with Crippen LogP contribution in [0.4, 0.5) is 15.9 Å². The summed E-state index contributed by atoms with van der Waals surface area (Å²) in [6, 6.07) is 5.64. The monoisotopic (exact) mass is 295 g/mol. The second-order valence-electron chi connectivity index (χ2n) is 3.89. The second-order valence-corrected chi connectivity index (χ2v) is 4.30. The molecule has 0 saturated heterocycles. The number of anilines is 2. The molecule has 0 aliphatic rings. The Hall–Kier alpha value is -2.34. The number of carbonyl (C=O) groups excluding carboxylic acids is 1. The van der Waals surface area contributed by atoms with Gasteiger partial charge in [-0.2, -0.15) is 0 Å². The quantitative estimate of drug-likeness (QED) is 0.909. The van der Waals surface area contributed by atoms with Gasteiger partial charge in [0.15, 0.2) is 11.6 Å². The largest absolute Gasteiger partial charge is 0.494 e. The molecule has 1 aromatic carbocycles. The first-order chi connectivity index (χ1) is 9.51. The average Bonchev–Trinajstić information content (AvgIpc) is 2.42. The van der Waals surface area contributed by atoms with E-state index in [0.29, 0.717) is 11.5 Å². The molecule has 5 nitrogen and oxygen atoms in total. The number of nitrogens with zero attached hydrogens (tertiary/aromatic N) is 1. The molecule has 0 atom stereocenters. The standard InChI is InChI=1S/C13H11ClFN3O2/c1-20-11-5-8(2-3-10(11)15)18-13-9(14)4-7(6-17-13)12(16)19/h2-6H,1H3,(H2,16,19)(H,17,18). The predicted octanol–water partition coefficient (Wildman–Crippen LogP) is 2.73. The number of benzene rings is 1. The van der Waals surface area contributed by atoms with E-state index in [4.69, 9.17) is 22.1 Å². The summed E-state index contributed by atoms with van der Waals surface area (Å²) in [5.74, 6) is -0.666. The molecular formula is C13H11ClFN3O2. The number of amides is 1. The van der Waals surface area contributed by atoms with Gasteiger partial charge in [0.05, 0.1) is 17.7 Å². The van der Waals surface area contributed by atoms with Gasteiger partial charge in [-0.1, -0.05) is 11.6 Å². The minimum atomic E-state index is -0.616. The summed E-state index contributed by atoms with van der Waals surface area (Å²) in [5, 5.41) is 3.12. The van der Waals surface area contributed by atoms with Crippen LogP contribution in [0.15, 0.2) is 30.5 Å². The highest BCUT2D eigenvalue weighted by Gasteiger charge is 2.09. The minimum Gasteiger partial charge on any atom is -0.494 e. The van der Waals surface area contributed by atoms with Crippen LogP contribution in [-0.4, -0.2) is 18.0 Å². The van der Waals surface area contributed by atoms with Crippen molar-refractivity contribution in [2.24, 2.45) is 5.73 Å². The molecule has 0 radical (unpaired) electrons. The maximum atomic E-state index is 13.3. The van der Waals surface area contributed by atoms with Crippen molar-refractivity contribution >= 4 is 29.0 Å². The van der Waals surface area contributed by atoms with Gasteiger partial charge < -0.3 is 15.8 Å². The molecule has 104 valence electrons. The van der Waals surface area contributed by atoms with Crippen LogP contribution in [-0.2, 0) is 0 Å². The number of halogens is 2. The highest BCUT2D eigenvalue weighted by molar-refractivity contribution is 6.33. The number of pyridine rings is 1. The first-order valence-corrected chi connectivity index (χ1v) is 5.95. The molecule has 0 unspecified atom stereocenters. The number of aromatic nitrogens is 1. The summed E-state index contributed by atoms with van der Waals surface area (Å²) in [5.41, 5.74) is 5.88. The first kappa shape index (κ1) is 14.1. The molecule has 0 saturated carbocycles. The fourth-order valence-corrected chi connectivity index (χ4v) is 1.75. The van der Waals surface area contributed by atoms with Crippen LogP contribution in [0, 0.1) is 5.82 Å². The summed E-state index contributed by atoms with van der Waals surface area (Å²) in [6.45, 7) is 0. The summed E-state index contributed by atoms with van der Waals surface area (Å²) < 4.78 is 18.2. The third-order valence-corrected chi connectivity index (χ3v) is 2.83. The zero-order chi connectivity index (χ0) is 14.7. The van der Waals surface area contributed by atoms with E-state index in [9.17, 15) is 9.18 Å². The number of ether oxygens (including phenoxy) is 1. The van der Waals surface area contributed by atoms with Crippen LogP contribution in [0.25, 0.3) is 0 Å². The average molecular weight is 296 g/mol. The summed E-state index contributed by atoms with van der Waals surface area (Å²) in [4.78, 5) is 15.0. The van der Waals surface area contributed by atoms with Crippen LogP contribution in [0.5, 0.6) is 5.75 Å². The fourth-order valence-electron chi connectivity index (χ4n) is 1.54. The predicted molar refractivity (Wildman–Crippen MR) is 74.0 cm³/mol. The number of nitrogens with two attached hydrogens (primary N) is 1. The number of hydrogen-bond donors (Lipinski definition) is 2. The van der Waals surface area contributed by atoms with E-state index >= 15 is 0 Å². The van der Waals surface area contributed by atoms with E-state index in [1.807, 2.05) is 0 Å². The Kier molecular flexibility index (Phi) is 4.05. The van der Waals surface area contributed by atoms with Gasteiger partial charge in [-0.3, -0.25) is 4.79 Å². The lowest BCUT2D eigenvalue weighted by Gasteiger charge is -2.10. The van der Waals surface area contributed by atoms with Crippen molar-refractivity contribution in [2.75, 3.05) is 12.4 Å². The van der Waals surface area contributed by atoms with Crippen molar-refractivity contribution in [1.29, 1.82) is 0 Å². The lowest BCUT2D eigenvalue weighted by molar-refractivity contribution is 0.1000. The van der Waals surface area contributed by atoms with E-state index in [1.54, 1.807) is 0 Å². The van der Waals surface area contributed by atoms with Crippen molar-refractivity contribution in [3.63, 3.8) is 0 Å². The Morgan fingerprint density at radius 2 is 2.20 bits per heavy atom. The van der Waals surface area contributed by atoms with Crippen molar-refractivity contribution in [1.82, 2.24) is 4.98 Å². The number of primary amides is 1. The zero-order valence-corrected chi connectivity index (χ0v) is 11.2. The van der Waals surface area contributed by atoms with Crippen molar-refractivity contribution in [3.05, 3.63) is 46.9 Å². The molecule has 3 N–H and O–H groups in total. The van der Waals surface area contributed by atoms with Gasteiger partial charge in [0, 0.05) is 18.0 Å². The maximum absolute atomic E-state index is 13.3. The Morgan fingerprint density at radius 3 is 2.80 bits per heavy atom. The topological polar surface area (TPSA) is 77.2 Å². The molecular weight excluding hydrogens is 285 g/mol. The van der Waals surface area contributed by atoms with Gasteiger partial charge in [-0.05, 0) is 18.2 Å². The molecule has 1 heterocycles. The Balaban J connectivity index is 2.28. The third-order valence-electron chi connectivity index (χ3n) is 2.54. The lowest BCUT2D eigenvalue weighted by atomic mass is 10.2. The molecule has 0 aliphatic heterocycles. The summed E-state index contributed by atoms with van der Waals surface area (Å²) >= 11 is 5.99. The molecule has 1 aromatic heterocycles. The van der Waals surface area contributed by atoms with Gasteiger partial charge in [0.25, 0.3) is 0 Å². The van der Waals surface area contributed by atoms with E-state index in [2.05, 4.69) is 10.3 Å². The van der Waals surface area contributed by atoms with Gasteiger partial charge >= 0.3 is 0 Å². The molecule has 1 amide bonds. The van der Waals surface area contributed by atoms with Gasteiger partial charge in [-0.25, -0.2) is 9.37 Å². The number of rotatable bonds is 4. The molecule has 20 heavy (non-hydrogen) atoms. The summed E-state index contributed by atoms with van der Waals surface area (Å²) in [6.07, 6.45) is 1.30. The lowest BCUT2D eigenvalue weighted by Crippen LogP contribution is -2.11. The highest BCUT2D eigenvalue weighted by Crippen LogP contribution is 2.27. The Labute approximate surface area is 119 Å². The zero-order valence-electron chi connectivity index (χ0n) is 10.5. The number of nitrogens with one attached hydrogen (secondary N) is 1. The smallest absolute Gasteiger partial charge is 0.250 e. The molecule has 0 bridgehead atoms. The number of hydrogen-bond acceptors (Lipinski definition) is 4. The number of methoxy groups -OCH3 is 1. The van der Waals surface area contributed by atoms with Crippen molar-refractivity contribution in [3.8, 4) is 5.75 Å². The van der Waals surface area contributed by atoms with Crippen molar-refractivity contribution in [2.45, 2.75) is 0 Å². The van der Waals surface area contributed by atoms with Crippen molar-refractivity contribution < 1.29 is 13.9 Å². The molecule has 0 aliphatic carbocycles. The van der Waals surface area contributed by atoms with E-state index in [0.717, 1.165) is 0 Å². The molecule has 2 aromatic rings.